The Bertz CT molecular complexity index is 627. The first kappa shape index (κ1) is 14.0. The first-order valence-electron chi connectivity index (χ1n) is 6.38. The van der Waals surface area contributed by atoms with Gasteiger partial charge in [0, 0.05) is 5.56 Å². The monoisotopic (exact) mass is 268 g/mol. The second-order valence-corrected chi connectivity index (χ2v) is 4.58. The molecule has 20 heavy (non-hydrogen) atoms. The molecule has 0 N–H and O–H groups in total. The molecule has 0 fully saturated rings. The Morgan fingerprint density at radius 2 is 1.65 bits per heavy atom. The van der Waals surface area contributed by atoms with Crippen molar-refractivity contribution in [3.8, 4) is 0 Å². The summed E-state index contributed by atoms with van der Waals surface area (Å²) in [5.41, 5.74) is 3.30. The van der Waals surface area contributed by atoms with E-state index in [1.54, 1.807) is 19.1 Å². The van der Waals surface area contributed by atoms with Gasteiger partial charge in [0.25, 0.3) is 0 Å². The lowest BCUT2D eigenvalue weighted by atomic mass is 9.97. The second-order valence-electron chi connectivity index (χ2n) is 4.58. The van der Waals surface area contributed by atoms with Crippen molar-refractivity contribution in [2.24, 2.45) is 0 Å². The molecule has 2 aromatic carbocycles. The van der Waals surface area contributed by atoms with Gasteiger partial charge in [-0.2, -0.15) is 0 Å². The van der Waals surface area contributed by atoms with Crippen molar-refractivity contribution >= 4 is 11.8 Å². The summed E-state index contributed by atoms with van der Waals surface area (Å²) in [6.07, 6.45) is 0.664. The largest absolute Gasteiger partial charge is 0.465 e. The zero-order valence-electron chi connectivity index (χ0n) is 11.6. The number of rotatable bonds is 4. The first-order valence-corrected chi connectivity index (χ1v) is 6.38. The zero-order valence-corrected chi connectivity index (χ0v) is 11.6. The number of carbonyl (C=O) groups excluding carboxylic acids is 2. The summed E-state index contributed by atoms with van der Waals surface area (Å²) in [6, 6.07) is 14.8. The van der Waals surface area contributed by atoms with Gasteiger partial charge >= 0.3 is 5.97 Å². The molecule has 2 aromatic rings. The molecule has 3 nitrogen and oxygen atoms in total. The van der Waals surface area contributed by atoms with Gasteiger partial charge in [0.2, 0.25) is 0 Å². The van der Waals surface area contributed by atoms with Crippen molar-refractivity contribution in [2.45, 2.75) is 13.3 Å². The van der Waals surface area contributed by atoms with Crippen molar-refractivity contribution in [1.82, 2.24) is 0 Å². The van der Waals surface area contributed by atoms with E-state index >= 15 is 0 Å². The van der Waals surface area contributed by atoms with Gasteiger partial charge < -0.3 is 4.74 Å². The third-order valence-corrected chi connectivity index (χ3v) is 3.17. The van der Waals surface area contributed by atoms with Crippen molar-refractivity contribution < 1.29 is 14.3 Å². The molecule has 0 unspecified atom stereocenters. The van der Waals surface area contributed by atoms with Crippen LogP contribution in [0.1, 0.15) is 38.8 Å². The Kier molecular flexibility index (Phi) is 4.31. The molecule has 0 bridgehead atoms. The number of methoxy groups -OCH3 is 1. The number of hydrogen-bond donors (Lipinski definition) is 0. The van der Waals surface area contributed by atoms with E-state index in [1.807, 2.05) is 36.4 Å². The van der Waals surface area contributed by atoms with Gasteiger partial charge in [-0.25, -0.2) is 4.79 Å². The van der Waals surface area contributed by atoms with Crippen LogP contribution in [0.4, 0.5) is 0 Å². The van der Waals surface area contributed by atoms with Crippen LogP contribution >= 0.6 is 0 Å². The van der Waals surface area contributed by atoms with E-state index in [2.05, 4.69) is 4.74 Å². The summed E-state index contributed by atoms with van der Waals surface area (Å²) in [7, 11) is 1.36. The van der Waals surface area contributed by atoms with Crippen LogP contribution in [0.2, 0.25) is 0 Å². The van der Waals surface area contributed by atoms with E-state index < -0.39 is 0 Å². The molecule has 0 aliphatic heterocycles. The number of ketones is 1. The second kappa shape index (κ2) is 6.15. The van der Waals surface area contributed by atoms with Crippen LogP contribution in [0.15, 0.2) is 48.5 Å². The van der Waals surface area contributed by atoms with Crippen LogP contribution in [0.25, 0.3) is 0 Å². The maximum absolute atomic E-state index is 11.6. The zero-order chi connectivity index (χ0) is 14.5. The van der Waals surface area contributed by atoms with Crippen molar-refractivity contribution in [1.29, 1.82) is 0 Å². The topological polar surface area (TPSA) is 43.4 Å². The standard InChI is InChI=1S/C17H16O3/c1-12(18)16-6-4-3-5-15(16)11-13-7-9-14(10-8-13)17(19)20-2/h3-10H,11H2,1-2H3. The van der Waals surface area contributed by atoms with Crippen LogP contribution in [-0.4, -0.2) is 18.9 Å². The molecule has 0 aliphatic carbocycles. The quantitative estimate of drug-likeness (QED) is 0.631. The van der Waals surface area contributed by atoms with Crippen LogP contribution < -0.4 is 0 Å². The van der Waals surface area contributed by atoms with Gasteiger partial charge in [0.1, 0.15) is 0 Å². The highest BCUT2D eigenvalue weighted by Crippen LogP contribution is 2.16. The molecule has 0 aliphatic rings. The summed E-state index contributed by atoms with van der Waals surface area (Å²) in [5.74, 6) is -0.285. The number of benzene rings is 2. The fraction of sp³-hybridized carbons (Fsp3) is 0.176. The molecule has 0 aromatic heterocycles. The lowest BCUT2D eigenvalue weighted by Crippen LogP contribution is -2.02. The van der Waals surface area contributed by atoms with E-state index in [9.17, 15) is 9.59 Å². The summed E-state index contributed by atoms with van der Waals surface area (Å²) in [4.78, 5) is 22.9. The van der Waals surface area contributed by atoms with Gasteiger partial charge in [0.05, 0.1) is 12.7 Å². The van der Waals surface area contributed by atoms with Crippen molar-refractivity contribution in [3.05, 3.63) is 70.8 Å². The lowest BCUT2D eigenvalue weighted by Gasteiger charge is -2.07. The molecule has 0 atom stereocenters. The molecular weight excluding hydrogens is 252 g/mol. The fourth-order valence-corrected chi connectivity index (χ4v) is 2.11. The molecular formula is C17H16O3. The molecule has 0 heterocycles. The average Bonchev–Trinajstić information content (AvgIpc) is 2.47. The molecule has 0 saturated heterocycles. The van der Waals surface area contributed by atoms with E-state index in [0.29, 0.717) is 12.0 Å². The van der Waals surface area contributed by atoms with E-state index in [4.69, 9.17) is 0 Å². The van der Waals surface area contributed by atoms with Gasteiger partial charge in [-0.15, -0.1) is 0 Å². The Balaban J connectivity index is 2.23. The average molecular weight is 268 g/mol. The van der Waals surface area contributed by atoms with Crippen molar-refractivity contribution in [3.63, 3.8) is 0 Å². The number of esters is 1. The predicted molar refractivity (Wildman–Crippen MR) is 77.0 cm³/mol. The maximum atomic E-state index is 11.6. The van der Waals surface area contributed by atoms with Crippen LogP contribution in [-0.2, 0) is 11.2 Å². The fourth-order valence-electron chi connectivity index (χ4n) is 2.11. The molecule has 0 amide bonds. The highest BCUT2D eigenvalue weighted by Gasteiger charge is 2.08. The predicted octanol–water partition coefficient (Wildman–Crippen LogP) is 3.27. The van der Waals surface area contributed by atoms with Crippen LogP contribution in [0.5, 0.6) is 0 Å². The van der Waals surface area contributed by atoms with Gasteiger partial charge in [0.15, 0.2) is 5.78 Å². The normalized spacial score (nSPS) is 10.1. The third-order valence-electron chi connectivity index (χ3n) is 3.17. The molecule has 0 radical (unpaired) electrons. The first-order chi connectivity index (χ1) is 9.61. The number of ether oxygens (including phenoxy) is 1. The van der Waals surface area contributed by atoms with E-state index in [1.165, 1.54) is 7.11 Å². The van der Waals surface area contributed by atoms with Crippen LogP contribution in [0, 0.1) is 0 Å². The van der Waals surface area contributed by atoms with Gasteiger partial charge in [-0.3, -0.25) is 4.79 Å². The minimum absolute atomic E-state index is 0.0618. The smallest absolute Gasteiger partial charge is 0.337 e. The van der Waals surface area contributed by atoms with Crippen molar-refractivity contribution in [2.75, 3.05) is 7.11 Å². The summed E-state index contributed by atoms with van der Waals surface area (Å²) >= 11 is 0. The molecule has 0 saturated carbocycles. The maximum Gasteiger partial charge on any atom is 0.337 e. The Labute approximate surface area is 118 Å². The highest BCUT2D eigenvalue weighted by atomic mass is 16.5. The van der Waals surface area contributed by atoms with Crippen LogP contribution in [0.3, 0.4) is 0 Å². The number of Topliss-reactive ketones (excluding diaryl/α,β-unsaturated/α-hetero) is 1. The van der Waals surface area contributed by atoms with Gasteiger partial charge in [-0.05, 0) is 36.6 Å². The minimum atomic E-state index is -0.347. The molecule has 3 heteroatoms. The summed E-state index contributed by atoms with van der Waals surface area (Å²) < 4.78 is 4.66. The SMILES string of the molecule is COC(=O)c1ccc(Cc2ccccc2C(C)=O)cc1. The third kappa shape index (κ3) is 3.12. The Morgan fingerprint density at radius 3 is 2.25 bits per heavy atom. The summed E-state index contributed by atoms with van der Waals surface area (Å²) in [6.45, 7) is 1.57. The summed E-state index contributed by atoms with van der Waals surface area (Å²) in [5, 5.41) is 0. The lowest BCUT2D eigenvalue weighted by molar-refractivity contribution is 0.0600. The van der Waals surface area contributed by atoms with Gasteiger partial charge in [-0.1, -0.05) is 36.4 Å². The van der Waals surface area contributed by atoms with E-state index in [0.717, 1.165) is 16.7 Å². The molecule has 102 valence electrons. The molecule has 2 rings (SSSR count). The Hall–Kier alpha value is -2.42. The molecule has 0 spiro atoms. The van der Waals surface area contributed by atoms with E-state index in [-0.39, 0.29) is 11.8 Å². The minimum Gasteiger partial charge on any atom is -0.465 e. The number of carbonyl (C=O) groups is 2. The highest BCUT2D eigenvalue weighted by molar-refractivity contribution is 5.95. The Morgan fingerprint density at radius 1 is 1.00 bits per heavy atom. The number of hydrogen-bond acceptors (Lipinski definition) is 3.